The average molecular weight is 313 g/mol. The Hall–Kier alpha value is -1.26. The van der Waals surface area contributed by atoms with Gasteiger partial charge in [-0.15, -0.1) is 0 Å². The molecule has 0 aromatic heterocycles. The van der Waals surface area contributed by atoms with E-state index in [0.29, 0.717) is 23.1 Å². The van der Waals surface area contributed by atoms with Crippen molar-refractivity contribution in [2.24, 2.45) is 11.5 Å². The Bertz CT molecular complexity index is 524. The quantitative estimate of drug-likeness (QED) is 0.910. The topological polar surface area (TPSA) is 61.3 Å². The van der Waals surface area contributed by atoms with Gasteiger partial charge in [0.1, 0.15) is 5.75 Å². The molecule has 0 atom stereocenters. The summed E-state index contributed by atoms with van der Waals surface area (Å²) in [6.45, 7) is 0.986. The van der Waals surface area contributed by atoms with Crippen LogP contribution in [0.15, 0.2) is 42.5 Å². The number of hydrogen-bond acceptors (Lipinski definition) is 3. The van der Waals surface area contributed by atoms with E-state index in [9.17, 15) is 0 Å². The molecular weight excluding hydrogens is 295 g/mol. The van der Waals surface area contributed by atoms with Crippen molar-refractivity contribution >= 4 is 23.2 Å². The molecule has 0 fully saturated rings. The Kier molecular flexibility index (Phi) is 7.41. The molecule has 0 saturated heterocycles. The molecule has 2 aromatic rings. The minimum atomic E-state index is 0.454. The van der Waals surface area contributed by atoms with Gasteiger partial charge < -0.3 is 16.2 Å². The first-order valence-corrected chi connectivity index (χ1v) is 6.84. The van der Waals surface area contributed by atoms with Gasteiger partial charge >= 0.3 is 0 Å². The van der Waals surface area contributed by atoms with Crippen LogP contribution in [0, 0.1) is 0 Å². The highest BCUT2D eigenvalue weighted by Crippen LogP contribution is 2.20. The van der Waals surface area contributed by atoms with E-state index in [1.165, 1.54) is 0 Å². The summed E-state index contributed by atoms with van der Waals surface area (Å²) in [6, 6.07) is 13.0. The maximum absolute atomic E-state index is 5.77. The molecule has 2 rings (SSSR count). The van der Waals surface area contributed by atoms with Gasteiger partial charge in [0.15, 0.2) is 0 Å². The third-order valence-corrected chi connectivity index (χ3v) is 3.23. The molecule has 108 valence electrons. The second-order valence-corrected chi connectivity index (χ2v) is 4.80. The highest BCUT2D eigenvalue weighted by atomic mass is 35.5. The highest BCUT2D eigenvalue weighted by Gasteiger charge is 1.97. The fourth-order valence-electron chi connectivity index (χ4n) is 1.56. The van der Waals surface area contributed by atoms with Crippen LogP contribution in [-0.2, 0) is 13.1 Å². The summed E-state index contributed by atoms with van der Waals surface area (Å²) >= 11 is 11.4. The monoisotopic (exact) mass is 312 g/mol. The van der Waals surface area contributed by atoms with E-state index >= 15 is 0 Å². The predicted molar refractivity (Wildman–Crippen MR) is 85.2 cm³/mol. The van der Waals surface area contributed by atoms with Crippen molar-refractivity contribution in [1.82, 2.24) is 0 Å². The number of para-hydroxylation sites is 1. The van der Waals surface area contributed by atoms with Gasteiger partial charge in [0.25, 0.3) is 0 Å². The number of halogens is 2. The fraction of sp³-hybridized carbons (Fsp3) is 0.200. The van der Waals surface area contributed by atoms with E-state index in [1.807, 2.05) is 30.3 Å². The second kappa shape index (κ2) is 8.82. The lowest BCUT2D eigenvalue weighted by atomic mass is 10.2. The van der Waals surface area contributed by atoms with Crippen LogP contribution in [0.4, 0.5) is 0 Å². The Morgan fingerprint density at radius 1 is 0.950 bits per heavy atom. The minimum Gasteiger partial charge on any atom is -0.496 e. The van der Waals surface area contributed by atoms with Crippen LogP contribution >= 0.6 is 23.2 Å². The molecule has 3 nitrogen and oxygen atoms in total. The van der Waals surface area contributed by atoms with Crippen molar-refractivity contribution < 1.29 is 4.74 Å². The number of benzene rings is 2. The Labute approximate surface area is 129 Å². The van der Waals surface area contributed by atoms with Crippen molar-refractivity contribution in [1.29, 1.82) is 0 Å². The second-order valence-electron chi connectivity index (χ2n) is 3.96. The van der Waals surface area contributed by atoms with Crippen molar-refractivity contribution in [3.63, 3.8) is 0 Å². The molecule has 0 amide bonds. The molecule has 0 heterocycles. The summed E-state index contributed by atoms with van der Waals surface area (Å²) in [5.41, 5.74) is 12.8. The summed E-state index contributed by atoms with van der Waals surface area (Å²) in [5.74, 6) is 0.866. The van der Waals surface area contributed by atoms with Gasteiger partial charge in [-0.05, 0) is 23.8 Å². The number of ether oxygens (including phenoxy) is 1. The molecule has 0 aliphatic heterocycles. The van der Waals surface area contributed by atoms with E-state index in [0.717, 1.165) is 16.9 Å². The van der Waals surface area contributed by atoms with E-state index < -0.39 is 0 Å². The van der Waals surface area contributed by atoms with E-state index in [2.05, 4.69) is 0 Å². The third kappa shape index (κ3) is 5.02. The maximum atomic E-state index is 5.77. The first-order valence-electron chi connectivity index (χ1n) is 6.08. The molecule has 0 unspecified atom stereocenters. The standard InChI is InChI=1S/C8H11NO.C7H7Cl2N/c1-10-8-5-3-2-4-7(8)6-9;8-6-2-1-5(4-10)7(9)3-6/h2-5H,6,9H2,1H3;1-3H,4,10H2. The maximum Gasteiger partial charge on any atom is 0.123 e. The van der Waals surface area contributed by atoms with Crippen LogP contribution in [0.2, 0.25) is 10.0 Å². The van der Waals surface area contributed by atoms with Gasteiger partial charge in [0, 0.05) is 28.7 Å². The van der Waals surface area contributed by atoms with Crippen molar-refractivity contribution in [3.05, 3.63) is 63.6 Å². The smallest absolute Gasteiger partial charge is 0.123 e. The number of hydrogen-bond donors (Lipinski definition) is 2. The molecule has 4 N–H and O–H groups in total. The van der Waals surface area contributed by atoms with Gasteiger partial charge in [-0.1, -0.05) is 47.5 Å². The molecule has 0 bridgehead atoms. The van der Waals surface area contributed by atoms with Gasteiger partial charge in [0.2, 0.25) is 0 Å². The van der Waals surface area contributed by atoms with Crippen LogP contribution in [0.3, 0.4) is 0 Å². The molecule has 0 aliphatic rings. The van der Waals surface area contributed by atoms with Crippen LogP contribution in [0.1, 0.15) is 11.1 Å². The van der Waals surface area contributed by atoms with Gasteiger partial charge in [-0.2, -0.15) is 0 Å². The normalized spacial score (nSPS) is 9.65. The lowest BCUT2D eigenvalue weighted by molar-refractivity contribution is 0.410. The van der Waals surface area contributed by atoms with Gasteiger partial charge in [-0.25, -0.2) is 0 Å². The molecule has 5 heteroatoms. The first-order chi connectivity index (χ1) is 9.62. The molecule has 0 radical (unpaired) electrons. The van der Waals surface area contributed by atoms with Crippen LogP contribution in [0.25, 0.3) is 0 Å². The molecule has 2 aromatic carbocycles. The zero-order valence-electron chi connectivity index (χ0n) is 11.3. The Morgan fingerprint density at radius 3 is 2.10 bits per heavy atom. The van der Waals surface area contributed by atoms with Crippen molar-refractivity contribution in [2.75, 3.05) is 7.11 Å². The lowest BCUT2D eigenvalue weighted by Gasteiger charge is -2.03. The average Bonchev–Trinajstić information content (AvgIpc) is 2.48. The first kappa shape index (κ1) is 16.8. The Morgan fingerprint density at radius 2 is 1.60 bits per heavy atom. The zero-order valence-corrected chi connectivity index (χ0v) is 12.8. The highest BCUT2D eigenvalue weighted by molar-refractivity contribution is 6.35. The summed E-state index contributed by atoms with van der Waals surface area (Å²) in [7, 11) is 1.65. The predicted octanol–water partition coefficient (Wildman–Crippen LogP) is 3.61. The molecule has 20 heavy (non-hydrogen) atoms. The summed E-state index contributed by atoms with van der Waals surface area (Å²) in [5, 5.41) is 1.28. The minimum absolute atomic E-state index is 0.454. The van der Waals surface area contributed by atoms with Crippen LogP contribution in [0.5, 0.6) is 5.75 Å². The Balaban J connectivity index is 0.000000200. The zero-order chi connectivity index (χ0) is 15.0. The molecule has 0 spiro atoms. The molecule has 0 aliphatic carbocycles. The van der Waals surface area contributed by atoms with E-state index in [1.54, 1.807) is 19.2 Å². The molecule has 0 saturated carbocycles. The van der Waals surface area contributed by atoms with Gasteiger partial charge in [0.05, 0.1) is 7.11 Å². The summed E-state index contributed by atoms with van der Waals surface area (Å²) in [4.78, 5) is 0. The van der Waals surface area contributed by atoms with E-state index in [4.69, 9.17) is 39.4 Å². The summed E-state index contributed by atoms with van der Waals surface area (Å²) in [6.07, 6.45) is 0. The number of nitrogens with two attached hydrogens (primary N) is 2. The number of methoxy groups -OCH3 is 1. The van der Waals surface area contributed by atoms with Crippen LogP contribution < -0.4 is 16.2 Å². The van der Waals surface area contributed by atoms with Crippen molar-refractivity contribution in [2.45, 2.75) is 13.1 Å². The van der Waals surface area contributed by atoms with Crippen LogP contribution in [-0.4, -0.2) is 7.11 Å². The van der Waals surface area contributed by atoms with Gasteiger partial charge in [-0.3, -0.25) is 0 Å². The summed E-state index contributed by atoms with van der Waals surface area (Å²) < 4.78 is 5.06. The SMILES string of the molecule is COc1ccccc1CN.NCc1ccc(Cl)cc1Cl. The van der Waals surface area contributed by atoms with Crippen molar-refractivity contribution in [3.8, 4) is 5.75 Å². The number of rotatable bonds is 3. The fourth-order valence-corrected chi connectivity index (χ4v) is 2.04. The lowest BCUT2D eigenvalue weighted by Crippen LogP contribution is -1.98. The third-order valence-electron chi connectivity index (χ3n) is 2.65. The van der Waals surface area contributed by atoms with E-state index in [-0.39, 0.29) is 0 Å². The molecular formula is C15H18Cl2N2O. The largest absolute Gasteiger partial charge is 0.496 e.